The van der Waals surface area contributed by atoms with Crippen LogP contribution >= 0.6 is 0 Å². The summed E-state index contributed by atoms with van der Waals surface area (Å²) < 4.78 is 32.2. The van der Waals surface area contributed by atoms with E-state index in [-0.39, 0.29) is 11.3 Å². The number of rotatable bonds is 2. The highest BCUT2D eigenvalue weighted by atomic mass is 19.1. The molecule has 102 valence electrons. The Morgan fingerprint density at radius 3 is 2.75 bits per heavy atom. The summed E-state index contributed by atoms with van der Waals surface area (Å²) in [5, 5.41) is 0. The molecule has 2 aromatic rings. The molecule has 1 aliphatic heterocycles. The highest BCUT2D eigenvalue weighted by molar-refractivity contribution is 6.09. The Bertz CT molecular complexity index is 713. The van der Waals surface area contributed by atoms with Crippen LogP contribution in [0.25, 0.3) is 0 Å². The molecule has 0 unspecified atom stereocenters. The van der Waals surface area contributed by atoms with Crippen LogP contribution in [0.15, 0.2) is 30.3 Å². The number of halogens is 2. The number of hydrogen-bond donors (Lipinski definition) is 1. The van der Waals surface area contributed by atoms with E-state index in [0.717, 1.165) is 17.4 Å². The standard InChI is InChI=1S/C15H11F2NO2/c16-11-7-12(17)13(18)6-10(11)15(19)9-1-2-14-8(5-9)3-4-20-14/h1-2,5-7H,3-4,18H2. The zero-order valence-electron chi connectivity index (χ0n) is 10.5. The lowest BCUT2D eigenvalue weighted by Gasteiger charge is -2.06. The van der Waals surface area contributed by atoms with E-state index in [9.17, 15) is 13.6 Å². The second-order valence-corrected chi connectivity index (χ2v) is 4.60. The number of anilines is 1. The third-order valence-corrected chi connectivity index (χ3v) is 3.28. The number of ketones is 1. The molecule has 5 heteroatoms. The van der Waals surface area contributed by atoms with Gasteiger partial charge in [0.2, 0.25) is 0 Å². The van der Waals surface area contributed by atoms with Crippen molar-refractivity contribution in [1.29, 1.82) is 0 Å². The van der Waals surface area contributed by atoms with Crippen molar-refractivity contribution in [2.45, 2.75) is 6.42 Å². The van der Waals surface area contributed by atoms with Gasteiger partial charge in [-0.25, -0.2) is 8.78 Å². The summed E-state index contributed by atoms with van der Waals surface area (Å²) in [4.78, 5) is 12.3. The number of carbonyl (C=O) groups is 1. The van der Waals surface area contributed by atoms with Gasteiger partial charge in [0.15, 0.2) is 5.78 Å². The van der Waals surface area contributed by atoms with Crippen molar-refractivity contribution in [3.05, 3.63) is 58.7 Å². The molecular formula is C15H11F2NO2. The fourth-order valence-electron chi connectivity index (χ4n) is 2.22. The lowest BCUT2D eigenvalue weighted by atomic mass is 9.99. The minimum atomic E-state index is -0.918. The van der Waals surface area contributed by atoms with Gasteiger partial charge >= 0.3 is 0 Å². The lowest BCUT2D eigenvalue weighted by Crippen LogP contribution is -2.07. The van der Waals surface area contributed by atoms with E-state index in [4.69, 9.17) is 10.5 Å². The fourth-order valence-corrected chi connectivity index (χ4v) is 2.22. The molecule has 3 rings (SSSR count). The first kappa shape index (κ1) is 12.6. The Balaban J connectivity index is 2.03. The third-order valence-electron chi connectivity index (χ3n) is 3.28. The van der Waals surface area contributed by atoms with E-state index >= 15 is 0 Å². The maximum absolute atomic E-state index is 13.7. The Kier molecular flexibility index (Phi) is 2.89. The third kappa shape index (κ3) is 2.01. The van der Waals surface area contributed by atoms with Crippen molar-refractivity contribution in [3.8, 4) is 5.75 Å². The van der Waals surface area contributed by atoms with E-state index < -0.39 is 17.4 Å². The van der Waals surface area contributed by atoms with Crippen LogP contribution in [0.2, 0.25) is 0 Å². The van der Waals surface area contributed by atoms with E-state index in [1.54, 1.807) is 18.2 Å². The molecule has 0 spiro atoms. The fraction of sp³-hybridized carbons (Fsp3) is 0.133. The largest absolute Gasteiger partial charge is 0.493 e. The Labute approximate surface area is 114 Å². The minimum Gasteiger partial charge on any atom is -0.493 e. The van der Waals surface area contributed by atoms with Gasteiger partial charge in [-0.2, -0.15) is 0 Å². The van der Waals surface area contributed by atoms with Crippen LogP contribution in [0.5, 0.6) is 5.75 Å². The number of nitrogens with two attached hydrogens (primary N) is 1. The molecule has 1 heterocycles. The van der Waals surface area contributed by atoms with Crippen LogP contribution in [-0.4, -0.2) is 12.4 Å². The van der Waals surface area contributed by atoms with Gasteiger partial charge in [-0.1, -0.05) is 0 Å². The van der Waals surface area contributed by atoms with Crippen molar-refractivity contribution in [2.75, 3.05) is 12.3 Å². The molecule has 20 heavy (non-hydrogen) atoms. The molecule has 0 saturated carbocycles. The van der Waals surface area contributed by atoms with Gasteiger partial charge in [0.05, 0.1) is 17.9 Å². The van der Waals surface area contributed by atoms with Gasteiger partial charge < -0.3 is 10.5 Å². The highest BCUT2D eigenvalue weighted by Crippen LogP contribution is 2.27. The maximum atomic E-state index is 13.7. The Morgan fingerprint density at radius 1 is 1.15 bits per heavy atom. The SMILES string of the molecule is Nc1cc(C(=O)c2ccc3c(c2)CCO3)c(F)cc1F. The van der Waals surface area contributed by atoms with Crippen molar-refractivity contribution < 1.29 is 18.3 Å². The average molecular weight is 275 g/mol. The van der Waals surface area contributed by atoms with Gasteiger partial charge in [0.1, 0.15) is 17.4 Å². The summed E-state index contributed by atoms with van der Waals surface area (Å²) in [6.07, 6.45) is 0.713. The summed E-state index contributed by atoms with van der Waals surface area (Å²) in [6, 6.07) is 6.56. The van der Waals surface area contributed by atoms with Crippen LogP contribution in [-0.2, 0) is 6.42 Å². The second kappa shape index (κ2) is 4.59. The van der Waals surface area contributed by atoms with Crippen molar-refractivity contribution in [1.82, 2.24) is 0 Å². The number of fused-ring (bicyclic) bond motifs is 1. The molecule has 3 nitrogen and oxygen atoms in total. The van der Waals surface area contributed by atoms with Gasteiger partial charge in [0, 0.05) is 18.1 Å². The number of hydrogen-bond acceptors (Lipinski definition) is 3. The van der Waals surface area contributed by atoms with Crippen LogP contribution in [0, 0.1) is 11.6 Å². The number of nitrogen functional groups attached to an aromatic ring is 1. The molecule has 0 radical (unpaired) electrons. The number of carbonyl (C=O) groups excluding carboxylic acids is 1. The molecule has 1 aliphatic rings. The highest BCUT2D eigenvalue weighted by Gasteiger charge is 2.19. The lowest BCUT2D eigenvalue weighted by molar-refractivity contribution is 0.103. The van der Waals surface area contributed by atoms with Crippen LogP contribution < -0.4 is 10.5 Å². The normalized spacial score (nSPS) is 12.9. The van der Waals surface area contributed by atoms with Crippen LogP contribution in [0.1, 0.15) is 21.5 Å². The maximum Gasteiger partial charge on any atom is 0.196 e. The molecule has 0 atom stereocenters. The van der Waals surface area contributed by atoms with Crippen molar-refractivity contribution in [3.63, 3.8) is 0 Å². The molecule has 0 aliphatic carbocycles. The first-order valence-electron chi connectivity index (χ1n) is 6.11. The van der Waals surface area contributed by atoms with E-state index in [2.05, 4.69) is 0 Å². The van der Waals surface area contributed by atoms with Gasteiger partial charge in [-0.3, -0.25) is 4.79 Å². The first-order valence-corrected chi connectivity index (χ1v) is 6.11. The van der Waals surface area contributed by atoms with Crippen molar-refractivity contribution in [2.24, 2.45) is 0 Å². The summed E-state index contributed by atoms with van der Waals surface area (Å²) in [5.74, 6) is -1.58. The number of benzene rings is 2. The molecule has 2 aromatic carbocycles. The predicted molar refractivity (Wildman–Crippen MR) is 69.8 cm³/mol. The second-order valence-electron chi connectivity index (χ2n) is 4.60. The molecule has 0 fully saturated rings. The zero-order chi connectivity index (χ0) is 14.3. The molecular weight excluding hydrogens is 264 g/mol. The predicted octanol–water partition coefficient (Wildman–Crippen LogP) is 2.71. The van der Waals surface area contributed by atoms with E-state index in [0.29, 0.717) is 24.7 Å². The summed E-state index contributed by atoms with van der Waals surface area (Å²) in [6.45, 7) is 0.574. The molecule has 0 aromatic heterocycles. The van der Waals surface area contributed by atoms with Gasteiger partial charge in [-0.05, 0) is 29.8 Å². The summed E-state index contributed by atoms with van der Waals surface area (Å²) in [7, 11) is 0. The zero-order valence-corrected chi connectivity index (χ0v) is 10.5. The summed E-state index contributed by atoms with van der Waals surface area (Å²) in [5.41, 5.74) is 6.14. The molecule has 0 saturated heterocycles. The van der Waals surface area contributed by atoms with Gasteiger partial charge in [0.25, 0.3) is 0 Å². The smallest absolute Gasteiger partial charge is 0.196 e. The summed E-state index contributed by atoms with van der Waals surface area (Å²) >= 11 is 0. The van der Waals surface area contributed by atoms with E-state index in [1.807, 2.05) is 0 Å². The minimum absolute atomic E-state index is 0.234. The molecule has 0 bridgehead atoms. The van der Waals surface area contributed by atoms with Crippen molar-refractivity contribution >= 4 is 11.5 Å². The van der Waals surface area contributed by atoms with Gasteiger partial charge in [-0.15, -0.1) is 0 Å². The first-order chi connectivity index (χ1) is 9.56. The topological polar surface area (TPSA) is 52.3 Å². The van der Waals surface area contributed by atoms with E-state index in [1.165, 1.54) is 0 Å². The quantitative estimate of drug-likeness (QED) is 0.677. The molecule has 2 N–H and O–H groups in total. The Hall–Kier alpha value is -2.43. The average Bonchev–Trinajstić information content (AvgIpc) is 2.89. The Morgan fingerprint density at radius 2 is 1.95 bits per heavy atom. The molecule has 0 amide bonds. The monoisotopic (exact) mass is 275 g/mol. The van der Waals surface area contributed by atoms with Crippen LogP contribution in [0.4, 0.5) is 14.5 Å². The van der Waals surface area contributed by atoms with Crippen LogP contribution in [0.3, 0.4) is 0 Å². The number of ether oxygens (including phenoxy) is 1.